The van der Waals surface area contributed by atoms with Crippen LogP contribution in [0.5, 0.6) is 0 Å². The molecular formula is C17H16N6O2. The number of rotatable bonds is 3. The van der Waals surface area contributed by atoms with Crippen LogP contribution in [0.25, 0.3) is 11.5 Å². The highest BCUT2D eigenvalue weighted by molar-refractivity contribution is 5.92. The molecule has 8 nitrogen and oxygen atoms in total. The molecular weight excluding hydrogens is 320 g/mol. The van der Waals surface area contributed by atoms with E-state index in [1.807, 2.05) is 19.1 Å². The molecule has 0 N–H and O–H groups in total. The summed E-state index contributed by atoms with van der Waals surface area (Å²) in [6.45, 7) is 3.02. The van der Waals surface area contributed by atoms with Crippen molar-refractivity contribution in [1.82, 2.24) is 30.0 Å². The molecule has 126 valence electrons. The van der Waals surface area contributed by atoms with Crippen LogP contribution in [-0.4, -0.2) is 49.0 Å². The summed E-state index contributed by atoms with van der Waals surface area (Å²) in [5, 5.41) is 4.08. The van der Waals surface area contributed by atoms with Gasteiger partial charge in [-0.3, -0.25) is 14.8 Å². The van der Waals surface area contributed by atoms with Crippen LogP contribution in [0.4, 0.5) is 0 Å². The first-order chi connectivity index (χ1) is 12.2. The maximum Gasteiger partial charge on any atom is 0.274 e. The second-order valence-corrected chi connectivity index (χ2v) is 5.97. The molecule has 0 bridgehead atoms. The van der Waals surface area contributed by atoms with Crippen molar-refractivity contribution < 1.29 is 9.32 Å². The van der Waals surface area contributed by atoms with Crippen LogP contribution in [0.15, 0.2) is 41.4 Å². The van der Waals surface area contributed by atoms with Gasteiger partial charge in [0.1, 0.15) is 5.69 Å². The minimum Gasteiger partial charge on any atom is -0.337 e. The Balaban J connectivity index is 1.47. The van der Waals surface area contributed by atoms with Crippen molar-refractivity contribution in [2.24, 2.45) is 0 Å². The maximum atomic E-state index is 12.5. The SMILES string of the molecule is Cc1cnc(C(=O)N2CCC(c3noc(-c4ccncc4)n3)C2)cn1. The van der Waals surface area contributed by atoms with Crippen LogP contribution >= 0.6 is 0 Å². The molecule has 1 saturated heterocycles. The number of carbonyl (C=O) groups is 1. The van der Waals surface area contributed by atoms with Crippen LogP contribution in [0.3, 0.4) is 0 Å². The maximum absolute atomic E-state index is 12.5. The molecule has 4 heterocycles. The monoisotopic (exact) mass is 336 g/mol. The summed E-state index contributed by atoms with van der Waals surface area (Å²) < 4.78 is 5.34. The zero-order valence-corrected chi connectivity index (χ0v) is 13.7. The fraction of sp³-hybridized carbons (Fsp3) is 0.294. The Morgan fingerprint density at radius 3 is 2.84 bits per heavy atom. The van der Waals surface area contributed by atoms with Crippen LogP contribution in [0.2, 0.25) is 0 Å². The van der Waals surface area contributed by atoms with E-state index < -0.39 is 0 Å². The summed E-state index contributed by atoms with van der Waals surface area (Å²) in [6.07, 6.45) is 7.26. The smallest absolute Gasteiger partial charge is 0.274 e. The molecule has 25 heavy (non-hydrogen) atoms. The van der Waals surface area contributed by atoms with Crippen LogP contribution in [-0.2, 0) is 0 Å². The van der Waals surface area contributed by atoms with E-state index >= 15 is 0 Å². The number of aryl methyl sites for hydroxylation is 1. The van der Waals surface area contributed by atoms with Crippen molar-refractivity contribution in [3.63, 3.8) is 0 Å². The third kappa shape index (κ3) is 3.10. The van der Waals surface area contributed by atoms with Gasteiger partial charge in [-0.1, -0.05) is 5.16 Å². The Bertz CT molecular complexity index is 878. The Morgan fingerprint density at radius 2 is 2.08 bits per heavy atom. The molecule has 1 aliphatic heterocycles. The highest BCUT2D eigenvalue weighted by atomic mass is 16.5. The molecule has 0 aromatic carbocycles. The third-order valence-corrected chi connectivity index (χ3v) is 4.21. The topological polar surface area (TPSA) is 97.9 Å². The lowest BCUT2D eigenvalue weighted by atomic mass is 10.1. The molecule has 0 saturated carbocycles. The fourth-order valence-electron chi connectivity index (χ4n) is 2.83. The molecule has 0 radical (unpaired) electrons. The molecule has 3 aromatic heterocycles. The van der Waals surface area contributed by atoms with E-state index in [1.54, 1.807) is 23.5 Å². The third-order valence-electron chi connectivity index (χ3n) is 4.21. The summed E-state index contributed by atoms with van der Waals surface area (Å²) in [5.74, 6) is 1.03. The lowest BCUT2D eigenvalue weighted by Crippen LogP contribution is -2.29. The van der Waals surface area contributed by atoms with Crippen molar-refractivity contribution in [3.8, 4) is 11.5 Å². The van der Waals surface area contributed by atoms with Crippen LogP contribution in [0.1, 0.15) is 34.3 Å². The van der Waals surface area contributed by atoms with Gasteiger partial charge in [0.25, 0.3) is 11.8 Å². The number of carbonyl (C=O) groups excluding carboxylic acids is 1. The number of pyridine rings is 1. The number of nitrogens with zero attached hydrogens (tertiary/aromatic N) is 6. The Hall–Kier alpha value is -3.16. The second kappa shape index (κ2) is 6.39. The molecule has 8 heteroatoms. The molecule has 1 unspecified atom stereocenters. The van der Waals surface area contributed by atoms with E-state index in [4.69, 9.17) is 4.52 Å². The molecule has 0 spiro atoms. The molecule has 1 atom stereocenters. The van der Waals surface area contributed by atoms with Gasteiger partial charge >= 0.3 is 0 Å². The van der Waals surface area contributed by atoms with Crippen molar-refractivity contribution >= 4 is 5.91 Å². The van der Waals surface area contributed by atoms with Gasteiger partial charge < -0.3 is 9.42 Å². The van der Waals surface area contributed by atoms with Crippen LogP contribution in [0, 0.1) is 6.92 Å². The van der Waals surface area contributed by atoms with Gasteiger partial charge in [-0.2, -0.15) is 4.98 Å². The first-order valence-corrected chi connectivity index (χ1v) is 8.02. The average molecular weight is 336 g/mol. The summed E-state index contributed by atoms with van der Waals surface area (Å²) in [5.41, 5.74) is 1.97. The number of hydrogen-bond donors (Lipinski definition) is 0. The average Bonchev–Trinajstić information content (AvgIpc) is 3.32. The lowest BCUT2D eigenvalue weighted by molar-refractivity contribution is 0.0784. The largest absolute Gasteiger partial charge is 0.337 e. The zero-order valence-electron chi connectivity index (χ0n) is 13.7. The number of aromatic nitrogens is 5. The molecule has 4 rings (SSSR count). The minimum absolute atomic E-state index is 0.0571. The predicted molar refractivity (Wildman–Crippen MR) is 87.6 cm³/mol. The van der Waals surface area contributed by atoms with E-state index in [-0.39, 0.29) is 11.8 Å². The van der Waals surface area contributed by atoms with Gasteiger partial charge in [0.05, 0.1) is 11.9 Å². The first-order valence-electron chi connectivity index (χ1n) is 8.02. The van der Waals surface area contributed by atoms with E-state index in [2.05, 4.69) is 25.1 Å². The number of likely N-dealkylation sites (tertiary alicyclic amines) is 1. The van der Waals surface area contributed by atoms with Gasteiger partial charge in [-0.15, -0.1) is 0 Å². The Morgan fingerprint density at radius 1 is 1.24 bits per heavy atom. The predicted octanol–water partition coefficient (Wildman–Crippen LogP) is 1.86. The normalized spacial score (nSPS) is 17.0. The first kappa shape index (κ1) is 15.4. The van der Waals surface area contributed by atoms with E-state index in [1.165, 1.54) is 6.20 Å². The molecule has 1 fully saturated rings. The second-order valence-electron chi connectivity index (χ2n) is 5.97. The standard InChI is InChI=1S/C17H16N6O2/c1-11-8-20-14(9-19-11)17(24)23-7-4-13(10-23)15-21-16(25-22-15)12-2-5-18-6-3-12/h2-3,5-6,8-9,13H,4,7,10H2,1H3. The summed E-state index contributed by atoms with van der Waals surface area (Å²) in [7, 11) is 0. The molecule has 1 aliphatic rings. The summed E-state index contributed by atoms with van der Waals surface area (Å²) in [6, 6.07) is 3.63. The minimum atomic E-state index is -0.118. The van der Waals surface area contributed by atoms with Gasteiger partial charge in [-0.05, 0) is 25.5 Å². The number of hydrogen-bond acceptors (Lipinski definition) is 7. The highest BCUT2D eigenvalue weighted by Gasteiger charge is 2.31. The van der Waals surface area contributed by atoms with Gasteiger partial charge in [0, 0.05) is 43.2 Å². The summed E-state index contributed by atoms with van der Waals surface area (Å²) in [4.78, 5) is 31.0. The van der Waals surface area contributed by atoms with E-state index in [0.717, 1.165) is 17.7 Å². The van der Waals surface area contributed by atoms with Crippen molar-refractivity contribution in [2.75, 3.05) is 13.1 Å². The quantitative estimate of drug-likeness (QED) is 0.720. The van der Waals surface area contributed by atoms with Crippen molar-refractivity contribution in [3.05, 3.63) is 54.1 Å². The molecule has 1 amide bonds. The summed E-state index contributed by atoms with van der Waals surface area (Å²) >= 11 is 0. The number of amides is 1. The molecule has 0 aliphatic carbocycles. The van der Waals surface area contributed by atoms with Crippen molar-refractivity contribution in [1.29, 1.82) is 0 Å². The highest BCUT2D eigenvalue weighted by Crippen LogP contribution is 2.27. The Kier molecular flexibility index (Phi) is 3.93. The zero-order chi connectivity index (χ0) is 17.2. The van der Waals surface area contributed by atoms with Crippen LogP contribution < -0.4 is 0 Å². The fourth-order valence-corrected chi connectivity index (χ4v) is 2.83. The van der Waals surface area contributed by atoms with Gasteiger partial charge in [-0.25, -0.2) is 4.98 Å². The van der Waals surface area contributed by atoms with E-state index in [0.29, 0.717) is 30.5 Å². The van der Waals surface area contributed by atoms with Gasteiger partial charge in [0.2, 0.25) is 0 Å². The molecule has 3 aromatic rings. The van der Waals surface area contributed by atoms with E-state index in [9.17, 15) is 4.79 Å². The lowest BCUT2D eigenvalue weighted by Gasteiger charge is -2.14. The Labute approximate surface area is 143 Å². The van der Waals surface area contributed by atoms with Gasteiger partial charge in [0.15, 0.2) is 5.82 Å². The van der Waals surface area contributed by atoms with Crippen molar-refractivity contribution in [2.45, 2.75) is 19.3 Å².